The number of anilines is 1. The van der Waals surface area contributed by atoms with Gasteiger partial charge in [-0.05, 0) is 56.2 Å². The van der Waals surface area contributed by atoms with Crippen LogP contribution in [0.15, 0.2) is 71.8 Å². The summed E-state index contributed by atoms with van der Waals surface area (Å²) in [6, 6.07) is 18.0. The van der Waals surface area contributed by atoms with E-state index < -0.39 is 10.0 Å². The maximum Gasteiger partial charge on any atom is 0.243 e. The molecule has 0 bridgehead atoms. The number of aromatic nitrogens is 2. The van der Waals surface area contributed by atoms with Crippen molar-refractivity contribution < 1.29 is 13.2 Å². The first-order chi connectivity index (χ1) is 17.3. The van der Waals surface area contributed by atoms with Crippen LogP contribution in [0.5, 0.6) is 0 Å². The number of thiazole rings is 1. The molecule has 1 saturated heterocycles. The highest BCUT2D eigenvalue weighted by atomic mass is 35.5. The fraction of sp³-hybridized carbons (Fsp3) is 0.269. The average Bonchev–Trinajstić information content (AvgIpc) is 3.33. The molecule has 1 amide bonds. The lowest BCUT2D eigenvalue weighted by Gasteiger charge is -2.33. The SMILES string of the molecule is Cc1ccc(S(=O)(=O)N2CCC(C(=O)N(Cc3ccccn3)c3nc4c(Cl)cccc4s3)CC2)cc1. The van der Waals surface area contributed by atoms with Crippen molar-refractivity contribution in [1.29, 1.82) is 0 Å². The van der Waals surface area contributed by atoms with Crippen molar-refractivity contribution in [3.63, 3.8) is 0 Å². The number of nitrogens with zero attached hydrogens (tertiary/aromatic N) is 4. The number of piperidine rings is 1. The number of halogens is 1. The molecule has 10 heteroatoms. The Bertz CT molecular complexity index is 1480. The van der Waals surface area contributed by atoms with Gasteiger partial charge in [-0.15, -0.1) is 0 Å². The maximum atomic E-state index is 13.8. The van der Waals surface area contributed by atoms with Crippen molar-refractivity contribution in [2.75, 3.05) is 18.0 Å². The molecule has 7 nitrogen and oxygen atoms in total. The van der Waals surface area contributed by atoms with Gasteiger partial charge in [0.15, 0.2) is 5.13 Å². The fourth-order valence-electron chi connectivity index (χ4n) is 4.33. The number of fused-ring (bicyclic) bond motifs is 1. The molecule has 1 fully saturated rings. The van der Waals surface area contributed by atoms with Crippen LogP contribution in [0.1, 0.15) is 24.1 Å². The summed E-state index contributed by atoms with van der Waals surface area (Å²) in [7, 11) is -3.60. The molecule has 0 unspecified atom stereocenters. The van der Waals surface area contributed by atoms with Gasteiger partial charge < -0.3 is 0 Å². The summed E-state index contributed by atoms with van der Waals surface area (Å²) in [6.07, 6.45) is 2.57. The molecule has 0 atom stereocenters. The van der Waals surface area contributed by atoms with E-state index in [0.717, 1.165) is 16.0 Å². The number of carbonyl (C=O) groups excluding carboxylic acids is 1. The molecular formula is C26H25ClN4O3S2. The molecule has 0 aliphatic carbocycles. The fourth-order valence-corrected chi connectivity index (χ4v) is 7.07. The van der Waals surface area contributed by atoms with E-state index in [-0.39, 0.29) is 36.4 Å². The number of carbonyl (C=O) groups is 1. The largest absolute Gasteiger partial charge is 0.282 e. The van der Waals surface area contributed by atoms with Gasteiger partial charge in [-0.3, -0.25) is 14.7 Å². The predicted molar refractivity (Wildman–Crippen MR) is 143 cm³/mol. The first-order valence-corrected chi connectivity index (χ1v) is 14.3. The topological polar surface area (TPSA) is 83.5 Å². The van der Waals surface area contributed by atoms with Crippen LogP contribution in [-0.2, 0) is 21.4 Å². The lowest BCUT2D eigenvalue weighted by Crippen LogP contribution is -2.44. The van der Waals surface area contributed by atoms with E-state index in [0.29, 0.717) is 28.5 Å². The Morgan fingerprint density at radius 2 is 1.83 bits per heavy atom. The number of para-hydroxylation sites is 1. The van der Waals surface area contributed by atoms with Gasteiger partial charge in [0, 0.05) is 25.2 Å². The van der Waals surface area contributed by atoms with Gasteiger partial charge in [-0.25, -0.2) is 13.4 Å². The number of sulfonamides is 1. The maximum absolute atomic E-state index is 13.8. The Labute approximate surface area is 219 Å². The lowest BCUT2D eigenvalue weighted by atomic mass is 9.96. The first-order valence-electron chi connectivity index (χ1n) is 11.7. The zero-order chi connectivity index (χ0) is 25.3. The van der Waals surface area contributed by atoms with E-state index in [9.17, 15) is 13.2 Å². The third-order valence-corrected chi connectivity index (χ3v) is 9.63. The van der Waals surface area contributed by atoms with E-state index in [4.69, 9.17) is 11.6 Å². The lowest BCUT2D eigenvalue weighted by molar-refractivity contribution is -0.123. The third-order valence-electron chi connectivity index (χ3n) is 6.36. The summed E-state index contributed by atoms with van der Waals surface area (Å²) in [4.78, 5) is 24.8. The zero-order valence-electron chi connectivity index (χ0n) is 19.7. The molecule has 1 aliphatic heterocycles. The van der Waals surface area contributed by atoms with Crippen LogP contribution >= 0.6 is 22.9 Å². The number of pyridine rings is 1. The number of aryl methyl sites for hydroxylation is 1. The molecule has 4 aromatic rings. The third kappa shape index (κ3) is 5.01. The molecule has 3 heterocycles. The van der Waals surface area contributed by atoms with Crippen molar-refractivity contribution >= 4 is 54.2 Å². The minimum absolute atomic E-state index is 0.0804. The first kappa shape index (κ1) is 24.8. The molecule has 186 valence electrons. The molecule has 36 heavy (non-hydrogen) atoms. The van der Waals surface area contributed by atoms with Crippen LogP contribution in [0.4, 0.5) is 5.13 Å². The number of hydrogen-bond acceptors (Lipinski definition) is 6. The second-order valence-corrected chi connectivity index (χ2v) is 12.2. The van der Waals surface area contributed by atoms with Gasteiger partial charge in [-0.2, -0.15) is 4.31 Å². The quantitative estimate of drug-likeness (QED) is 0.332. The molecule has 0 N–H and O–H groups in total. The Morgan fingerprint density at radius 1 is 1.08 bits per heavy atom. The monoisotopic (exact) mass is 540 g/mol. The van der Waals surface area contributed by atoms with Gasteiger partial charge in [0.2, 0.25) is 15.9 Å². The highest BCUT2D eigenvalue weighted by Gasteiger charge is 2.35. The van der Waals surface area contributed by atoms with Crippen LogP contribution in [0.25, 0.3) is 10.2 Å². The predicted octanol–water partition coefficient (Wildman–Crippen LogP) is 5.29. The van der Waals surface area contributed by atoms with E-state index in [1.807, 2.05) is 37.3 Å². The van der Waals surface area contributed by atoms with Crippen LogP contribution in [-0.4, -0.2) is 41.7 Å². The minimum Gasteiger partial charge on any atom is -0.282 e. The minimum atomic E-state index is -3.60. The van der Waals surface area contributed by atoms with Crippen molar-refractivity contribution in [2.45, 2.75) is 31.2 Å². The Morgan fingerprint density at radius 3 is 2.50 bits per heavy atom. The Kier molecular flexibility index (Phi) is 7.07. The molecule has 1 aliphatic rings. The number of rotatable bonds is 6. The summed E-state index contributed by atoms with van der Waals surface area (Å²) >= 11 is 7.76. The van der Waals surface area contributed by atoms with Gasteiger partial charge in [-0.1, -0.05) is 52.8 Å². The van der Waals surface area contributed by atoms with Crippen LogP contribution < -0.4 is 4.90 Å². The Hall–Kier alpha value is -2.85. The van der Waals surface area contributed by atoms with Crippen molar-refractivity contribution in [3.8, 4) is 0 Å². The number of benzene rings is 2. The number of amides is 1. The van der Waals surface area contributed by atoms with E-state index >= 15 is 0 Å². The summed E-state index contributed by atoms with van der Waals surface area (Å²) in [5.74, 6) is -0.399. The molecular weight excluding hydrogens is 516 g/mol. The van der Waals surface area contributed by atoms with Crippen molar-refractivity contribution in [2.24, 2.45) is 5.92 Å². The number of hydrogen-bond donors (Lipinski definition) is 0. The average molecular weight is 541 g/mol. The highest BCUT2D eigenvalue weighted by molar-refractivity contribution is 7.89. The second kappa shape index (κ2) is 10.3. The van der Waals surface area contributed by atoms with Gasteiger partial charge >= 0.3 is 0 Å². The van der Waals surface area contributed by atoms with Crippen LogP contribution in [0.2, 0.25) is 5.02 Å². The molecule has 0 radical (unpaired) electrons. The molecule has 5 rings (SSSR count). The normalized spacial score (nSPS) is 15.3. The van der Waals surface area contributed by atoms with Crippen LogP contribution in [0.3, 0.4) is 0 Å². The molecule has 2 aromatic heterocycles. The van der Waals surface area contributed by atoms with E-state index in [2.05, 4.69) is 9.97 Å². The molecule has 0 spiro atoms. The van der Waals surface area contributed by atoms with E-state index in [1.54, 1.807) is 41.4 Å². The molecule has 0 saturated carbocycles. The summed E-state index contributed by atoms with van der Waals surface area (Å²) < 4.78 is 28.6. The van der Waals surface area contributed by atoms with Gasteiger partial charge in [0.25, 0.3) is 0 Å². The van der Waals surface area contributed by atoms with Crippen molar-refractivity contribution in [3.05, 3.63) is 83.1 Å². The summed E-state index contributed by atoms with van der Waals surface area (Å²) in [6.45, 7) is 2.77. The van der Waals surface area contributed by atoms with Crippen molar-refractivity contribution in [1.82, 2.24) is 14.3 Å². The second-order valence-electron chi connectivity index (χ2n) is 8.82. The van der Waals surface area contributed by atoms with Gasteiger partial charge in [0.05, 0.1) is 26.9 Å². The summed E-state index contributed by atoms with van der Waals surface area (Å²) in [5, 5.41) is 1.10. The molecule has 2 aromatic carbocycles. The van der Waals surface area contributed by atoms with Crippen LogP contribution in [0, 0.1) is 12.8 Å². The van der Waals surface area contributed by atoms with Gasteiger partial charge in [0.1, 0.15) is 5.52 Å². The summed E-state index contributed by atoms with van der Waals surface area (Å²) in [5.41, 5.74) is 2.41. The smallest absolute Gasteiger partial charge is 0.243 e. The standard InChI is InChI=1S/C26H25ClN4O3S2/c1-18-8-10-21(11-9-18)36(33,34)30-15-12-19(13-16-30)25(32)31(17-20-5-2-3-14-28-20)26-29-24-22(27)6-4-7-23(24)35-26/h2-11,14,19H,12-13,15-17H2,1H3. The van der Waals surface area contributed by atoms with E-state index in [1.165, 1.54) is 15.6 Å². The highest BCUT2D eigenvalue weighted by Crippen LogP contribution is 2.35. The zero-order valence-corrected chi connectivity index (χ0v) is 22.1. The Balaban J connectivity index is 1.37.